The number of hydrogen-bond donors (Lipinski definition) is 2. The highest BCUT2D eigenvalue weighted by molar-refractivity contribution is 6.07. The van der Waals surface area contributed by atoms with Crippen molar-refractivity contribution in [3.05, 3.63) is 29.6 Å². The molecule has 0 saturated heterocycles. The highest BCUT2D eigenvalue weighted by Gasteiger charge is 2.35. The van der Waals surface area contributed by atoms with Crippen LogP contribution in [0.3, 0.4) is 0 Å². The summed E-state index contributed by atoms with van der Waals surface area (Å²) in [6.07, 6.45) is 0. The van der Waals surface area contributed by atoms with Crippen molar-refractivity contribution in [1.29, 1.82) is 0 Å². The van der Waals surface area contributed by atoms with Crippen LogP contribution in [0.1, 0.15) is 25.5 Å². The average molecular weight is 279 g/mol. The van der Waals surface area contributed by atoms with Gasteiger partial charge in [-0.2, -0.15) is 0 Å². The minimum Gasteiger partial charge on any atom is -0.354 e. The molecule has 2 rings (SSSR count). The zero-order chi connectivity index (χ0) is 14.9. The molecule has 0 aliphatic carbocycles. The molecule has 108 valence electrons. The molecule has 1 heterocycles. The fourth-order valence-electron chi connectivity index (χ4n) is 2.11. The monoisotopic (exact) mass is 279 g/mol. The van der Waals surface area contributed by atoms with Gasteiger partial charge < -0.3 is 16.0 Å². The second-order valence-electron chi connectivity index (χ2n) is 5.30. The third-order valence-electron chi connectivity index (χ3n) is 3.16. The lowest BCUT2D eigenvalue weighted by atomic mass is 10.1. The van der Waals surface area contributed by atoms with Crippen LogP contribution >= 0.6 is 0 Å². The maximum atomic E-state index is 13.3. The van der Waals surface area contributed by atoms with Crippen LogP contribution in [0.15, 0.2) is 18.2 Å². The number of carbonyl (C=O) groups excluding carboxylic acids is 2. The summed E-state index contributed by atoms with van der Waals surface area (Å²) in [5.41, 5.74) is 6.71. The maximum absolute atomic E-state index is 13.3. The molecule has 0 fully saturated rings. The zero-order valence-electron chi connectivity index (χ0n) is 11.5. The van der Waals surface area contributed by atoms with E-state index in [9.17, 15) is 14.0 Å². The molecule has 1 aromatic carbocycles. The van der Waals surface area contributed by atoms with Crippen LogP contribution in [0.2, 0.25) is 0 Å². The summed E-state index contributed by atoms with van der Waals surface area (Å²) in [6, 6.07) is 3.15. The van der Waals surface area contributed by atoms with Crippen molar-refractivity contribution < 1.29 is 14.0 Å². The summed E-state index contributed by atoms with van der Waals surface area (Å²) >= 11 is 0. The van der Waals surface area contributed by atoms with Crippen LogP contribution in [0, 0.1) is 11.7 Å². The molecule has 0 aromatic heterocycles. The van der Waals surface area contributed by atoms with Crippen LogP contribution in [0.4, 0.5) is 10.1 Å². The lowest BCUT2D eigenvalue weighted by Gasteiger charge is -2.17. The van der Waals surface area contributed by atoms with E-state index in [2.05, 4.69) is 5.32 Å². The van der Waals surface area contributed by atoms with Crippen molar-refractivity contribution in [2.45, 2.75) is 19.9 Å². The first kappa shape index (κ1) is 14.5. The summed E-state index contributed by atoms with van der Waals surface area (Å²) in [5, 5.41) is 2.72. The molecule has 20 heavy (non-hydrogen) atoms. The summed E-state index contributed by atoms with van der Waals surface area (Å²) < 4.78 is 13.3. The third kappa shape index (κ3) is 2.80. The molecule has 6 heteroatoms. The molecule has 0 bridgehead atoms. The Balaban J connectivity index is 2.15. The second kappa shape index (κ2) is 5.58. The van der Waals surface area contributed by atoms with Crippen LogP contribution < -0.4 is 16.0 Å². The Morgan fingerprint density at radius 1 is 1.50 bits per heavy atom. The number of hydrogen-bond acceptors (Lipinski definition) is 3. The van der Waals surface area contributed by atoms with Crippen molar-refractivity contribution in [3.63, 3.8) is 0 Å². The molecule has 5 nitrogen and oxygen atoms in total. The van der Waals surface area contributed by atoms with Gasteiger partial charge in [-0.1, -0.05) is 19.9 Å². The number of amides is 2. The molecule has 1 atom stereocenters. The Morgan fingerprint density at radius 3 is 2.85 bits per heavy atom. The highest BCUT2D eigenvalue weighted by Crippen LogP contribution is 2.34. The summed E-state index contributed by atoms with van der Waals surface area (Å²) in [7, 11) is 0. The summed E-state index contributed by atoms with van der Waals surface area (Å²) in [6.45, 7) is 4.34. The number of nitrogens with zero attached hydrogens (tertiary/aromatic N) is 1. The number of halogens is 1. The number of carbonyl (C=O) groups is 2. The van der Waals surface area contributed by atoms with E-state index in [-0.39, 0.29) is 18.4 Å². The van der Waals surface area contributed by atoms with Crippen molar-refractivity contribution in [2.24, 2.45) is 11.7 Å². The van der Waals surface area contributed by atoms with Gasteiger partial charge in [0.25, 0.3) is 0 Å². The average Bonchev–Trinajstić information content (AvgIpc) is 2.61. The number of rotatable bonds is 4. The molecular weight excluding hydrogens is 261 g/mol. The van der Waals surface area contributed by atoms with Gasteiger partial charge in [0.2, 0.25) is 11.8 Å². The fourth-order valence-corrected chi connectivity index (χ4v) is 2.11. The first-order chi connectivity index (χ1) is 9.40. The molecular formula is C14H18FN3O2. The van der Waals surface area contributed by atoms with E-state index in [1.807, 2.05) is 13.8 Å². The number of benzene rings is 1. The topological polar surface area (TPSA) is 75.4 Å². The van der Waals surface area contributed by atoms with Crippen molar-refractivity contribution in [1.82, 2.24) is 5.32 Å². The van der Waals surface area contributed by atoms with Crippen LogP contribution in [0.25, 0.3) is 0 Å². The summed E-state index contributed by atoms with van der Waals surface area (Å²) in [4.78, 5) is 25.1. The van der Waals surface area contributed by atoms with E-state index in [0.717, 1.165) is 0 Å². The molecule has 0 spiro atoms. The molecule has 1 aliphatic rings. The first-order valence-electron chi connectivity index (χ1n) is 6.53. The Morgan fingerprint density at radius 2 is 2.20 bits per heavy atom. The van der Waals surface area contributed by atoms with Gasteiger partial charge in [0, 0.05) is 12.1 Å². The van der Waals surface area contributed by atoms with E-state index >= 15 is 0 Å². The van der Waals surface area contributed by atoms with E-state index in [4.69, 9.17) is 5.73 Å². The minimum absolute atomic E-state index is 0.143. The van der Waals surface area contributed by atoms with Gasteiger partial charge in [-0.05, 0) is 18.1 Å². The Hall–Kier alpha value is -1.95. The van der Waals surface area contributed by atoms with E-state index in [1.54, 1.807) is 0 Å². The predicted octanol–water partition coefficient (Wildman–Crippen LogP) is 0.944. The molecule has 2 amide bonds. The Kier molecular flexibility index (Phi) is 4.04. The van der Waals surface area contributed by atoms with Crippen LogP contribution in [-0.2, 0) is 9.59 Å². The number of nitrogens with one attached hydrogen (secondary N) is 1. The lowest BCUT2D eigenvalue weighted by Crippen LogP contribution is -2.41. The standard InChI is InChI=1S/C14H18FN3O2/c1-8(2)6-17-12(19)7-18-11-5-9(15)3-4-10(11)13(16)14(18)20/h3-5,8,13H,6-7,16H2,1-2H3,(H,17,19). The molecule has 3 N–H and O–H groups in total. The van der Waals surface area contributed by atoms with Gasteiger partial charge in [-0.15, -0.1) is 0 Å². The van der Waals surface area contributed by atoms with Crippen molar-refractivity contribution in [2.75, 3.05) is 18.0 Å². The molecule has 1 unspecified atom stereocenters. The number of fused-ring (bicyclic) bond motifs is 1. The van der Waals surface area contributed by atoms with E-state index in [1.165, 1.54) is 23.1 Å². The second-order valence-corrected chi connectivity index (χ2v) is 5.30. The number of nitrogens with two attached hydrogens (primary N) is 1. The smallest absolute Gasteiger partial charge is 0.249 e. The molecule has 0 saturated carbocycles. The molecule has 1 aromatic rings. The van der Waals surface area contributed by atoms with Gasteiger partial charge >= 0.3 is 0 Å². The first-order valence-corrected chi connectivity index (χ1v) is 6.53. The van der Waals surface area contributed by atoms with Gasteiger partial charge in [-0.3, -0.25) is 9.59 Å². The minimum atomic E-state index is -0.830. The lowest BCUT2D eigenvalue weighted by molar-refractivity contribution is -0.124. The van der Waals surface area contributed by atoms with E-state index in [0.29, 0.717) is 23.7 Å². The van der Waals surface area contributed by atoms with Gasteiger partial charge in [0.15, 0.2) is 0 Å². The number of anilines is 1. The fraction of sp³-hybridized carbons (Fsp3) is 0.429. The maximum Gasteiger partial charge on any atom is 0.249 e. The quantitative estimate of drug-likeness (QED) is 0.861. The largest absolute Gasteiger partial charge is 0.354 e. The Bertz CT molecular complexity index is 545. The van der Waals surface area contributed by atoms with Crippen LogP contribution in [0.5, 0.6) is 0 Å². The van der Waals surface area contributed by atoms with Crippen LogP contribution in [-0.4, -0.2) is 24.9 Å². The van der Waals surface area contributed by atoms with Gasteiger partial charge in [-0.25, -0.2) is 4.39 Å². The van der Waals surface area contributed by atoms with Crippen molar-refractivity contribution >= 4 is 17.5 Å². The molecule has 1 aliphatic heterocycles. The predicted molar refractivity (Wildman–Crippen MR) is 73.5 cm³/mol. The van der Waals surface area contributed by atoms with Gasteiger partial charge in [0.05, 0.1) is 5.69 Å². The van der Waals surface area contributed by atoms with E-state index < -0.39 is 11.9 Å². The molecule has 0 radical (unpaired) electrons. The van der Waals surface area contributed by atoms with Crippen molar-refractivity contribution in [3.8, 4) is 0 Å². The zero-order valence-corrected chi connectivity index (χ0v) is 11.5. The third-order valence-corrected chi connectivity index (χ3v) is 3.16. The van der Waals surface area contributed by atoms with Gasteiger partial charge in [0.1, 0.15) is 18.4 Å². The highest BCUT2D eigenvalue weighted by atomic mass is 19.1. The normalized spacial score (nSPS) is 17.6. The Labute approximate surface area is 116 Å². The SMILES string of the molecule is CC(C)CNC(=O)CN1C(=O)C(N)c2ccc(F)cc21. The summed E-state index contributed by atoms with van der Waals surface area (Å²) in [5.74, 6) is -0.805.